The first-order chi connectivity index (χ1) is 5.77. The molecule has 0 amide bonds. The average Bonchev–Trinajstić information content (AvgIpc) is 2.32. The molecule has 1 nitrogen and oxygen atoms in total. The summed E-state index contributed by atoms with van der Waals surface area (Å²) >= 11 is 0. The van der Waals surface area contributed by atoms with E-state index in [1.54, 1.807) is 0 Å². The van der Waals surface area contributed by atoms with Crippen LogP contribution in [0.2, 0.25) is 0 Å². The molecule has 3 atom stereocenters. The predicted octanol–water partition coefficient (Wildman–Crippen LogP) is 2.20. The van der Waals surface area contributed by atoms with Crippen LogP contribution in [0.1, 0.15) is 26.7 Å². The van der Waals surface area contributed by atoms with Gasteiger partial charge in [0, 0.05) is 6.04 Å². The molecule has 0 bridgehead atoms. The number of hydrogen-bond acceptors (Lipinski definition) is 1. The normalized spacial score (nSPS) is 38.4. The molecule has 1 saturated carbocycles. The molecule has 1 N–H and O–H groups in total. The molecule has 2 rings (SSSR count). The lowest BCUT2D eigenvalue weighted by molar-refractivity contribution is 0.156. The number of hydrogen-bond donors (Lipinski definition) is 1. The lowest BCUT2D eigenvalue weighted by Gasteiger charge is -2.41. The smallest absolute Gasteiger partial charge is 0.0110 e. The van der Waals surface area contributed by atoms with Gasteiger partial charge in [-0.15, -0.1) is 0 Å². The van der Waals surface area contributed by atoms with Crippen molar-refractivity contribution < 1.29 is 0 Å². The lowest BCUT2D eigenvalue weighted by Crippen LogP contribution is -2.49. The molecule has 0 spiro atoms. The monoisotopic (exact) mass is 165 g/mol. The van der Waals surface area contributed by atoms with E-state index in [1.165, 1.54) is 19.4 Å². The van der Waals surface area contributed by atoms with Crippen LogP contribution in [0.3, 0.4) is 0 Å². The van der Waals surface area contributed by atoms with Crippen LogP contribution in [-0.2, 0) is 0 Å². The fourth-order valence-corrected chi connectivity index (χ4v) is 2.34. The third-order valence-electron chi connectivity index (χ3n) is 3.17. The van der Waals surface area contributed by atoms with Crippen LogP contribution in [0.15, 0.2) is 12.2 Å². The maximum Gasteiger partial charge on any atom is 0.0110 e. The first-order valence-corrected chi connectivity index (χ1v) is 5.17. The highest BCUT2D eigenvalue weighted by molar-refractivity contribution is 5.12. The van der Waals surface area contributed by atoms with Crippen molar-refractivity contribution in [1.82, 2.24) is 5.32 Å². The molecule has 1 heteroatoms. The number of allylic oxidation sites excluding steroid dienone is 2. The van der Waals surface area contributed by atoms with Gasteiger partial charge in [-0.1, -0.05) is 26.0 Å². The molecule has 68 valence electrons. The van der Waals surface area contributed by atoms with Gasteiger partial charge in [0.05, 0.1) is 0 Å². The van der Waals surface area contributed by atoms with Gasteiger partial charge in [-0.3, -0.25) is 0 Å². The van der Waals surface area contributed by atoms with Gasteiger partial charge in [0.25, 0.3) is 0 Å². The van der Waals surface area contributed by atoms with Gasteiger partial charge in [-0.2, -0.15) is 0 Å². The Kier molecular flexibility index (Phi) is 2.22. The van der Waals surface area contributed by atoms with E-state index in [1.807, 2.05) is 0 Å². The van der Waals surface area contributed by atoms with Gasteiger partial charge in [0.1, 0.15) is 0 Å². The molecule has 2 aliphatic carbocycles. The van der Waals surface area contributed by atoms with E-state index in [0.717, 1.165) is 23.8 Å². The van der Waals surface area contributed by atoms with Gasteiger partial charge in [0.2, 0.25) is 0 Å². The van der Waals surface area contributed by atoms with Crippen molar-refractivity contribution in [3.05, 3.63) is 12.2 Å². The van der Waals surface area contributed by atoms with Crippen LogP contribution < -0.4 is 5.32 Å². The lowest BCUT2D eigenvalue weighted by atomic mass is 9.71. The Hall–Kier alpha value is -0.300. The second-order valence-electron chi connectivity index (χ2n) is 4.64. The Labute approximate surface area is 75.2 Å². The highest BCUT2D eigenvalue weighted by Gasteiger charge is 2.40. The first kappa shape index (κ1) is 8.31. The van der Waals surface area contributed by atoms with E-state index >= 15 is 0 Å². The molecule has 0 aromatic carbocycles. The van der Waals surface area contributed by atoms with E-state index in [-0.39, 0.29) is 0 Å². The van der Waals surface area contributed by atoms with Crippen molar-refractivity contribution in [3.63, 3.8) is 0 Å². The summed E-state index contributed by atoms with van der Waals surface area (Å²) in [6.07, 6.45) is 7.46. The quantitative estimate of drug-likeness (QED) is 0.632. The summed E-state index contributed by atoms with van der Waals surface area (Å²) in [4.78, 5) is 0. The molecule has 0 unspecified atom stereocenters. The highest BCUT2D eigenvalue weighted by atomic mass is 14.9. The largest absolute Gasteiger partial charge is 0.313 e. The van der Waals surface area contributed by atoms with Gasteiger partial charge in [-0.05, 0) is 37.1 Å². The van der Waals surface area contributed by atoms with E-state index in [4.69, 9.17) is 0 Å². The second kappa shape index (κ2) is 3.21. The standard InChI is InChI=1S/C11H19N/c1-8(2)7-12-11-6-9-4-3-5-10(9)11/h3-4,8-12H,5-7H2,1-2H3/t9-,10-,11-/m1/s1. The van der Waals surface area contributed by atoms with E-state index in [0.29, 0.717) is 0 Å². The molecular weight excluding hydrogens is 146 g/mol. The zero-order valence-corrected chi connectivity index (χ0v) is 8.09. The van der Waals surface area contributed by atoms with Crippen molar-refractivity contribution in [1.29, 1.82) is 0 Å². The van der Waals surface area contributed by atoms with Crippen LogP contribution in [0, 0.1) is 17.8 Å². The van der Waals surface area contributed by atoms with Crippen LogP contribution in [0.4, 0.5) is 0 Å². The molecule has 12 heavy (non-hydrogen) atoms. The zero-order chi connectivity index (χ0) is 8.55. The topological polar surface area (TPSA) is 12.0 Å². The molecule has 0 radical (unpaired) electrons. The van der Waals surface area contributed by atoms with E-state index in [2.05, 4.69) is 31.3 Å². The summed E-state index contributed by atoms with van der Waals surface area (Å²) in [6, 6.07) is 0.826. The molecule has 0 heterocycles. The minimum Gasteiger partial charge on any atom is -0.313 e. The second-order valence-corrected chi connectivity index (χ2v) is 4.64. The van der Waals surface area contributed by atoms with Crippen molar-refractivity contribution >= 4 is 0 Å². The Morgan fingerprint density at radius 2 is 2.33 bits per heavy atom. The van der Waals surface area contributed by atoms with Crippen LogP contribution >= 0.6 is 0 Å². The summed E-state index contributed by atoms with van der Waals surface area (Å²) in [7, 11) is 0. The highest BCUT2D eigenvalue weighted by Crippen LogP contribution is 2.42. The summed E-state index contributed by atoms with van der Waals surface area (Å²) < 4.78 is 0. The first-order valence-electron chi connectivity index (χ1n) is 5.17. The summed E-state index contributed by atoms with van der Waals surface area (Å²) in [5.74, 6) is 2.66. The Morgan fingerprint density at radius 3 is 3.00 bits per heavy atom. The number of nitrogens with one attached hydrogen (secondary N) is 1. The molecule has 0 saturated heterocycles. The van der Waals surface area contributed by atoms with Crippen molar-refractivity contribution in [2.24, 2.45) is 17.8 Å². The molecule has 0 aromatic heterocycles. The van der Waals surface area contributed by atoms with Crippen molar-refractivity contribution in [2.45, 2.75) is 32.7 Å². The van der Waals surface area contributed by atoms with Crippen molar-refractivity contribution in [2.75, 3.05) is 6.54 Å². The zero-order valence-electron chi connectivity index (χ0n) is 8.09. The molecule has 2 aliphatic rings. The minimum atomic E-state index is 0.790. The minimum absolute atomic E-state index is 0.790. The summed E-state index contributed by atoms with van der Waals surface area (Å²) in [5.41, 5.74) is 0. The van der Waals surface area contributed by atoms with Crippen LogP contribution in [0.25, 0.3) is 0 Å². The van der Waals surface area contributed by atoms with E-state index < -0.39 is 0 Å². The summed E-state index contributed by atoms with van der Waals surface area (Å²) in [6.45, 7) is 5.74. The van der Waals surface area contributed by atoms with Gasteiger partial charge < -0.3 is 5.32 Å². The Bertz CT molecular complexity index is 183. The van der Waals surface area contributed by atoms with Crippen LogP contribution in [0.5, 0.6) is 0 Å². The Balaban J connectivity index is 1.72. The van der Waals surface area contributed by atoms with Gasteiger partial charge in [-0.25, -0.2) is 0 Å². The maximum absolute atomic E-state index is 3.65. The number of rotatable bonds is 3. The molecular formula is C11H19N. The summed E-state index contributed by atoms with van der Waals surface area (Å²) in [5, 5.41) is 3.65. The van der Waals surface area contributed by atoms with E-state index in [9.17, 15) is 0 Å². The molecule has 0 aromatic rings. The van der Waals surface area contributed by atoms with Crippen molar-refractivity contribution in [3.8, 4) is 0 Å². The van der Waals surface area contributed by atoms with Gasteiger partial charge in [0.15, 0.2) is 0 Å². The third-order valence-corrected chi connectivity index (χ3v) is 3.17. The average molecular weight is 165 g/mol. The SMILES string of the molecule is CC(C)CN[C@@H]1C[C@H]2C=CC[C@H]21. The fraction of sp³-hybridized carbons (Fsp3) is 0.818. The molecule has 0 aliphatic heterocycles. The predicted molar refractivity (Wildman–Crippen MR) is 52.0 cm³/mol. The fourth-order valence-electron chi connectivity index (χ4n) is 2.34. The molecule has 1 fully saturated rings. The van der Waals surface area contributed by atoms with Gasteiger partial charge >= 0.3 is 0 Å². The Morgan fingerprint density at radius 1 is 1.50 bits per heavy atom. The maximum atomic E-state index is 3.65. The van der Waals surface area contributed by atoms with Crippen LogP contribution in [-0.4, -0.2) is 12.6 Å². The third kappa shape index (κ3) is 1.42. The number of fused-ring (bicyclic) bond motifs is 1.